The van der Waals surface area contributed by atoms with Crippen LogP contribution in [0.4, 0.5) is 10.1 Å². The lowest BCUT2D eigenvalue weighted by Crippen LogP contribution is -2.55. The standard InChI is InChI=1S/C20H20FNO3/c1-13-3-5-14(6-4-13)19-17(11-12-18(23)25-2)20(24)22(19)16-9-7-15(21)8-10-16/h3-10,17,19H,11-12H2,1-2H3/t17-,19-/m1/s1. The zero-order chi connectivity index (χ0) is 18.0. The van der Waals surface area contributed by atoms with Gasteiger partial charge in [-0.25, -0.2) is 4.39 Å². The number of carbonyl (C=O) groups is 2. The molecule has 0 bridgehead atoms. The molecule has 2 aromatic rings. The Morgan fingerprint density at radius 3 is 2.36 bits per heavy atom. The first kappa shape index (κ1) is 17.1. The van der Waals surface area contributed by atoms with Crippen LogP contribution in [0.1, 0.15) is 30.0 Å². The molecule has 130 valence electrons. The number of ether oxygens (including phenoxy) is 1. The van der Waals surface area contributed by atoms with E-state index in [1.807, 2.05) is 31.2 Å². The van der Waals surface area contributed by atoms with Crippen LogP contribution in [0.2, 0.25) is 0 Å². The van der Waals surface area contributed by atoms with Crippen LogP contribution >= 0.6 is 0 Å². The minimum Gasteiger partial charge on any atom is -0.469 e. The SMILES string of the molecule is COC(=O)CC[C@H]1C(=O)N(c2ccc(F)cc2)[C@@H]1c1ccc(C)cc1. The number of methoxy groups -OCH3 is 1. The van der Waals surface area contributed by atoms with Gasteiger partial charge in [0.1, 0.15) is 5.82 Å². The van der Waals surface area contributed by atoms with Crippen molar-refractivity contribution in [3.8, 4) is 0 Å². The molecule has 0 N–H and O–H groups in total. The minimum atomic E-state index is -0.342. The molecular formula is C20H20FNO3. The van der Waals surface area contributed by atoms with Crippen LogP contribution in [0.15, 0.2) is 48.5 Å². The van der Waals surface area contributed by atoms with Gasteiger partial charge in [-0.3, -0.25) is 9.59 Å². The summed E-state index contributed by atoms with van der Waals surface area (Å²) >= 11 is 0. The van der Waals surface area contributed by atoms with Gasteiger partial charge in [-0.2, -0.15) is 0 Å². The number of carbonyl (C=O) groups excluding carboxylic acids is 2. The van der Waals surface area contributed by atoms with E-state index in [2.05, 4.69) is 4.74 Å². The average molecular weight is 341 g/mol. The second-order valence-corrected chi connectivity index (χ2v) is 6.26. The summed E-state index contributed by atoms with van der Waals surface area (Å²) in [5.74, 6) is -1.01. The Kier molecular flexibility index (Phi) is 4.83. The number of rotatable bonds is 5. The number of amides is 1. The number of halogens is 1. The van der Waals surface area contributed by atoms with Gasteiger partial charge in [0, 0.05) is 12.1 Å². The predicted molar refractivity (Wildman–Crippen MR) is 92.5 cm³/mol. The average Bonchev–Trinajstić information content (AvgIpc) is 2.62. The van der Waals surface area contributed by atoms with Gasteiger partial charge in [-0.15, -0.1) is 0 Å². The van der Waals surface area contributed by atoms with Gasteiger partial charge >= 0.3 is 5.97 Å². The molecule has 2 atom stereocenters. The Balaban J connectivity index is 1.88. The zero-order valence-corrected chi connectivity index (χ0v) is 14.2. The van der Waals surface area contributed by atoms with Crippen LogP contribution in [-0.2, 0) is 14.3 Å². The van der Waals surface area contributed by atoms with E-state index in [0.29, 0.717) is 12.1 Å². The molecule has 4 nitrogen and oxygen atoms in total. The van der Waals surface area contributed by atoms with E-state index in [9.17, 15) is 14.0 Å². The fraction of sp³-hybridized carbons (Fsp3) is 0.300. The first-order valence-corrected chi connectivity index (χ1v) is 8.23. The first-order chi connectivity index (χ1) is 12.0. The highest BCUT2D eigenvalue weighted by molar-refractivity contribution is 6.03. The van der Waals surface area contributed by atoms with Crippen LogP contribution < -0.4 is 4.90 Å². The highest BCUT2D eigenvalue weighted by atomic mass is 19.1. The van der Waals surface area contributed by atoms with Crippen molar-refractivity contribution < 1.29 is 18.7 Å². The Hall–Kier alpha value is -2.69. The normalized spacial score (nSPS) is 19.5. The van der Waals surface area contributed by atoms with Crippen LogP contribution in [0.5, 0.6) is 0 Å². The molecule has 2 aromatic carbocycles. The zero-order valence-electron chi connectivity index (χ0n) is 14.2. The van der Waals surface area contributed by atoms with Gasteiger partial charge in [-0.1, -0.05) is 29.8 Å². The lowest BCUT2D eigenvalue weighted by molar-refractivity contribution is -0.141. The van der Waals surface area contributed by atoms with E-state index in [4.69, 9.17) is 0 Å². The van der Waals surface area contributed by atoms with Gasteiger partial charge in [0.15, 0.2) is 0 Å². The molecule has 0 radical (unpaired) electrons. The summed E-state index contributed by atoms with van der Waals surface area (Å²) in [7, 11) is 1.34. The summed E-state index contributed by atoms with van der Waals surface area (Å²) in [6, 6.07) is 13.7. The third kappa shape index (κ3) is 3.40. The highest BCUT2D eigenvalue weighted by Gasteiger charge is 2.48. The molecule has 1 saturated heterocycles. The van der Waals surface area contributed by atoms with Crippen molar-refractivity contribution in [2.24, 2.45) is 5.92 Å². The quantitative estimate of drug-likeness (QED) is 0.614. The monoisotopic (exact) mass is 341 g/mol. The third-order valence-corrected chi connectivity index (χ3v) is 4.62. The molecule has 1 aliphatic rings. The van der Waals surface area contributed by atoms with Crippen LogP contribution in [-0.4, -0.2) is 19.0 Å². The molecule has 25 heavy (non-hydrogen) atoms. The fourth-order valence-corrected chi connectivity index (χ4v) is 3.24. The lowest BCUT2D eigenvalue weighted by atomic mass is 9.79. The number of benzene rings is 2. The largest absolute Gasteiger partial charge is 0.469 e. The number of nitrogens with zero attached hydrogens (tertiary/aromatic N) is 1. The van der Waals surface area contributed by atoms with Gasteiger partial charge in [-0.05, 0) is 43.2 Å². The summed E-state index contributed by atoms with van der Waals surface area (Å²) < 4.78 is 17.9. The van der Waals surface area contributed by atoms with Gasteiger partial charge < -0.3 is 9.64 Å². The molecule has 0 aromatic heterocycles. The van der Waals surface area contributed by atoms with Crippen molar-refractivity contribution in [2.75, 3.05) is 12.0 Å². The third-order valence-electron chi connectivity index (χ3n) is 4.62. The first-order valence-electron chi connectivity index (χ1n) is 8.23. The molecule has 0 spiro atoms. The second kappa shape index (κ2) is 7.05. The summed E-state index contributed by atoms with van der Waals surface area (Å²) in [5.41, 5.74) is 2.80. The fourth-order valence-electron chi connectivity index (χ4n) is 3.24. The molecule has 1 fully saturated rings. The molecule has 1 amide bonds. The number of hydrogen-bond donors (Lipinski definition) is 0. The van der Waals surface area contributed by atoms with E-state index < -0.39 is 0 Å². The van der Waals surface area contributed by atoms with Crippen LogP contribution in [0.3, 0.4) is 0 Å². The number of esters is 1. The molecule has 1 aliphatic heterocycles. The van der Waals surface area contributed by atoms with Gasteiger partial charge in [0.25, 0.3) is 0 Å². The number of β-lactam (4-membered cyclic amide) rings is 1. The van der Waals surface area contributed by atoms with Crippen LogP contribution in [0, 0.1) is 18.7 Å². The molecule has 3 rings (SSSR count). The Bertz CT molecular complexity index is 771. The summed E-state index contributed by atoms with van der Waals surface area (Å²) in [6.07, 6.45) is 0.633. The van der Waals surface area contributed by atoms with E-state index in [1.54, 1.807) is 17.0 Å². The number of anilines is 1. The van der Waals surface area contributed by atoms with E-state index in [0.717, 1.165) is 11.1 Å². The van der Waals surface area contributed by atoms with Crippen molar-refractivity contribution in [3.05, 3.63) is 65.5 Å². The molecule has 5 heteroatoms. The topological polar surface area (TPSA) is 46.6 Å². The van der Waals surface area contributed by atoms with E-state index in [-0.39, 0.29) is 36.1 Å². The molecule has 0 aliphatic carbocycles. The van der Waals surface area contributed by atoms with Gasteiger partial charge in [0.2, 0.25) is 5.91 Å². The van der Waals surface area contributed by atoms with E-state index in [1.165, 1.54) is 19.2 Å². The van der Waals surface area contributed by atoms with Crippen molar-refractivity contribution >= 4 is 17.6 Å². The minimum absolute atomic E-state index is 0.0545. The van der Waals surface area contributed by atoms with Crippen molar-refractivity contribution in [1.82, 2.24) is 0 Å². The number of hydrogen-bond acceptors (Lipinski definition) is 3. The molecule has 0 saturated carbocycles. The maximum atomic E-state index is 13.2. The van der Waals surface area contributed by atoms with Crippen LogP contribution in [0.25, 0.3) is 0 Å². The molecule has 0 unspecified atom stereocenters. The highest BCUT2D eigenvalue weighted by Crippen LogP contribution is 2.45. The summed E-state index contributed by atoms with van der Waals surface area (Å²) in [6.45, 7) is 2.00. The predicted octanol–water partition coefficient (Wildman–Crippen LogP) is 3.79. The van der Waals surface area contributed by atoms with Gasteiger partial charge in [0.05, 0.1) is 19.1 Å². The van der Waals surface area contributed by atoms with Crippen molar-refractivity contribution in [2.45, 2.75) is 25.8 Å². The van der Waals surface area contributed by atoms with Crippen molar-refractivity contribution in [1.29, 1.82) is 0 Å². The maximum Gasteiger partial charge on any atom is 0.305 e. The maximum absolute atomic E-state index is 13.2. The Morgan fingerprint density at radius 1 is 1.12 bits per heavy atom. The summed E-state index contributed by atoms with van der Waals surface area (Å²) in [4.78, 5) is 25.8. The second-order valence-electron chi connectivity index (χ2n) is 6.26. The smallest absolute Gasteiger partial charge is 0.305 e. The van der Waals surface area contributed by atoms with E-state index >= 15 is 0 Å². The molecule has 1 heterocycles. The Labute approximate surface area is 146 Å². The molecular weight excluding hydrogens is 321 g/mol. The number of aryl methyl sites for hydroxylation is 1. The summed E-state index contributed by atoms with van der Waals surface area (Å²) in [5, 5.41) is 0. The Morgan fingerprint density at radius 2 is 1.76 bits per heavy atom. The van der Waals surface area contributed by atoms with Crippen molar-refractivity contribution in [3.63, 3.8) is 0 Å². The lowest BCUT2D eigenvalue weighted by Gasteiger charge is -2.47.